The number of rotatable bonds is 5. The fourth-order valence-electron chi connectivity index (χ4n) is 2.98. The fraction of sp³-hybridized carbons (Fsp3) is 0.696. The van der Waals surface area contributed by atoms with E-state index in [-0.39, 0.29) is 28.1 Å². The average Bonchev–Trinajstić information content (AvgIpc) is 2.43. The molecule has 0 atom stereocenters. The highest BCUT2D eigenvalue weighted by Crippen LogP contribution is 2.40. The molecule has 0 radical (unpaired) electrons. The van der Waals surface area contributed by atoms with Crippen LogP contribution in [0.2, 0.25) is 0 Å². The summed E-state index contributed by atoms with van der Waals surface area (Å²) in [5.74, 6) is 0.131. The van der Waals surface area contributed by atoms with Crippen molar-refractivity contribution >= 4 is 5.97 Å². The molecule has 0 spiro atoms. The Hall–Kier alpha value is -1.51. The Balaban J connectivity index is 3.22. The van der Waals surface area contributed by atoms with E-state index in [2.05, 4.69) is 67.5 Å². The van der Waals surface area contributed by atoms with E-state index in [0.717, 1.165) is 17.5 Å². The first-order valence-electron chi connectivity index (χ1n) is 9.58. The minimum Gasteiger partial charge on any atom is -0.507 e. The summed E-state index contributed by atoms with van der Waals surface area (Å²) in [7, 11) is 0. The summed E-state index contributed by atoms with van der Waals surface area (Å²) in [6.45, 7) is 21.0. The quantitative estimate of drug-likeness (QED) is 0.678. The standard InChI is InChI=1S/C23H38O3/c1-15(2)20(25)26-14-23(9,10)13-16-11-17(21(3,4)5)19(24)18(12-16)22(6,7)8/h11-12,15,24H,13-14H2,1-10H3. The van der Waals surface area contributed by atoms with E-state index in [1.54, 1.807) is 0 Å². The van der Waals surface area contributed by atoms with Crippen LogP contribution in [0.4, 0.5) is 0 Å². The predicted molar refractivity (Wildman–Crippen MR) is 109 cm³/mol. The number of carbonyl (C=O) groups excluding carboxylic acids is 1. The maximum Gasteiger partial charge on any atom is 0.308 e. The lowest BCUT2D eigenvalue weighted by Crippen LogP contribution is -2.26. The second-order valence-electron chi connectivity index (χ2n) is 10.6. The predicted octanol–water partition coefficient (Wildman–Crippen LogP) is 5.76. The molecule has 0 unspecified atom stereocenters. The topological polar surface area (TPSA) is 46.5 Å². The van der Waals surface area contributed by atoms with Gasteiger partial charge in [-0.05, 0) is 33.9 Å². The third-order valence-corrected chi connectivity index (χ3v) is 4.54. The van der Waals surface area contributed by atoms with Gasteiger partial charge in [0.05, 0.1) is 12.5 Å². The lowest BCUT2D eigenvalue weighted by atomic mass is 9.76. The van der Waals surface area contributed by atoms with Crippen molar-refractivity contribution in [3.05, 3.63) is 28.8 Å². The zero-order valence-electron chi connectivity index (χ0n) is 18.4. The van der Waals surface area contributed by atoms with Crippen LogP contribution < -0.4 is 0 Å². The highest BCUT2D eigenvalue weighted by molar-refractivity contribution is 5.71. The highest BCUT2D eigenvalue weighted by Gasteiger charge is 2.29. The summed E-state index contributed by atoms with van der Waals surface area (Å²) in [5, 5.41) is 10.9. The Kier molecular flexibility index (Phi) is 6.60. The number of hydrogen-bond donors (Lipinski definition) is 1. The Labute approximate surface area is 160 Å². The fourth-order valence-corrected chi connectivity index (χ4v) is 2.98. The van der Waals surface area contributed by atoms with Crippen molar-refractivity contribution in [2.24, 2.45) is 11.3 Å². The van der Waals surface area contributed by atoms with E-state index in [1.807, 2.05) is 13.8 Å². The van der Waals surface area contributed by atoms with Crippen molar-refractivity contribution in [2.75, 3.05) is 6.61 Å². The minimum atomic E-state index is -0.175. The molecule has 0 aliphatic carbocycles. The molecule has 3 nitrogen and oxygen atoms in total. The molecule has 0 saturated carbocycles. The zero-order chi connectivity index (χ0) is 20.5. The van der Waals surface area contributed by atoms with Crippen LogP contribution in [0.1, 0.15) is 85.9 Å². The number of esters is 1. The van der Waals surface area contributed by atoms with Crippen LogP contribution >= 0.6 is 0 Å². The molecule has 26 heavy (non-hydrogen) atoms. The molecule has 1 rings (SSSR count). The smallest absolute Gasteiger partial charge is 0.308 e. The molecule has 148 valence electrons. The van der Waals surface area contributed by atoms with Crippen LogP contribution in [-0.4, -0.2) is 17.7 Å². The number of benzene rings is 1. The van der Waals surface area contributed by atoms with Crippen molar-refractivity contribution in [1.82, 2.24) is 0 Å². The molecule has 0 aromatic heterocycles. The van der Waals surface area contributed by atoms with Crippen LogP contribution in [-0.2, 0) is 26.8 Å². The van der Waals surface area contributed by atoms with Gasteiger partial charge < -0.3 is 9.84 Å². The van der Waals surface area contributed by atoms with Crippen LogP contribution in [0.3, 0.4) is 0 Å². The van der Waals surface area contributed by atoms with Gasteiger partial charge in [-0.25, -0.2) is 0 Å². The van der Waals surface area contributed by atoms with Crippen LogP contribution in [0.15, 0.2) is 12.1 Å². The van der Waals surface area contributed by atoms with Gasteiger partial charge in [-0.3, -0.25) is 4.79 Å². The van der Waals surface area contributed by atoms with Crippen molar-refractivity contribution in [1.29, 1.82) is 0 Å². The van der Waals surface area contributed by atoms with Gasteiger partial charge in [0.15, 0.2) is 0 Å². The monoisotopic (exact) mass is 362 g/mol. The zero-order valence-corrected chi connectivity index (χ0v) is 18.4. The van der Waals surface area contributed by atoms with Crippen molar-refractivity contribution in [2.45, 2.75) is 86.5 Å². The number of hydrogen-bond acceptors (Lipinski definition) is 3. The first-order valence-corrected chi connectivity index (χ1v) is 9.58. The van der Waals surface area contributed by atoms with E-state index in [1.165, 1.54) is 5.56 Å². The number of phenols is 1. The van der Waals surface area contributed by atoms with E-state index in [0.29, 0.717) is 12.4 Å². The van der Waals surface area contributed by atoms with Gasteiger partial charge in [0.2, 0.25) is 0 Å². The number of phenolic OH excluding ortho intramolecular Hbond substituents is 1. The minimum absolute atomic E-state index is 0.112. The molecule has 3 heteroatoms. The third kappa shape index (κ3) is 6.03. The van der Waals surface area contributed by atoms with E-state index < -0.39 is 0 Å². The van der Waals surface area contributed by atoms with Gasteiger partial charge in [-0.1, -0.05) is 81.4 Å². The molecule has 0 amide bonds. The Bertz CT molecular complexity index is 605. The first kappa shape index (κ1) is 22.5. The summed E-state index contributed by atoms with van der Waals surface area (Å²) in [6.07, 6.45) is 0.783. The maximum atomic E-state index is 11.8. The lowest BCUT2D eigenvalue weighted by molar-refractivity contribution is -0.150. The molecule has 0 saturated heterocycles. The highest BCUT2D eigenvalue weighted by atomic mass is 16.5. The molecule has 1 aromatic rings. The Morgan fingerprint density at radius 1 is 0.962 bits per heavy atom. The van der Waals surface area contributed by atoms with Crippen LogP contribution in [0.25, 0.3) is 0 Å². The molecule has 1 aromatic carbocycles. The summed E-state index contributed by atoms with van der Waals surface area (Å²) >= 11 is 0. The molecular weight excluding hydrogens is 324 g/mol. The largest absolute Gasteiger partial charge is 0.507 e. The van der Waals surface area contributed by atoms with Crippen molar-refractivity contribution in [3.8, 4) is 5.75 Å². The van der Waals surface area contributed by atoms with Gasteiger partial charge in [-0.15, -0.1) is 0 Å². The van der Waals surface area contributed by atoms with Crippen LogP contribution in [0.5, 0.6) is 5.75 Å². The Morgan fingerprint density at radius 2 is 1.38 bits per heavy atom. The van der Waals surface area contributed by atoms with Gasteiger partial charge in [0, 0.05) is 5.41 Å². The summed E-state index contributed by atoms with van der Waals surface area (Å²) < 4.78 is 5.47. The number of aromatic hydroxyl groups is 1. The van der Waals surface area contributed by atoms with Gasteiger partial charge >= 0.3 is 5.97 Å². The maximum absolute atomic E-state index is 11.8. The van der Waals surface area contributed by atoms with Crippen molar-refractivity contribution in [3.63, 3.8) is 0 Å². The third-order valence-electron chi connectivity index (χ3n) is 4.54. The molecule has 0 fully saturated rings. The second kappa shape index (κ2) is 7.62. The van der Waals surface area contributed by atoms with Gasteiger partial charge in [0.25, 0.3) is 0 Å². The summed E-state index contributed by atoms with van der Waals surface area (Å²) in [4.78, 5) is 11.8. The molecule has 0 heterocycles. The summed E-state index contributed by atoms with van der Waals surface area (Å²) in [5.41, 5.74) is 2.64. The second-order valence-corrected chi connectivity index (χ2v) is 10.6. The van der Waals surface area contributed by atoms with Gasteiger partial charge in [0.1, 0.15) is 5.75 Å². The molecule has 0 aliphatic rings. The number of carbonyl (C=O) groups is 1. The van der Waals surface area contributed by atoms with Gasteiger partial charge in [-0.2, -0.15) is 0 Å². The SMILES string of the molecule is CC(C)C(=O)OCC(C)(C)Cc1cc(C(C)(C)C)c(O)c(C(C)(C)C)c1. The average molecular weight is 363 g/mol. The number of ether oxygens (including phenoxy) is 1. The molecule has 1 N–H and O–H groups in total. The molecule has 0 bridgehead atoms. The Morgan fingerprint density at radius 3 is 1.73 bits per heavy atom. The lowest BCUT2D eigenvalue weighted by Gasteiger charge is -2.30. The van der Waals surface area contributed by atoms with Crippen LogP contribution in [0, 0.1) is 11.3 Å². The van der Waals surface area contributed by atoms with E-state index >= 15 is 0 Å². The molecule has 0 aliphatic heterocycles. The van der Waals surface area contributed by atoms with E-state index in [4.69, 9.17) is 4.74 Å². The molecular formula is C23H38O3. The summed E-state index contributed by atoms with van der Waals surface area (Å²) in [6, 6.07) is 4.22. The van der Waals surface area contributed by atoms with E-state index in [9.17, 15) is 9.90 Å². The van der Waals surface area contributed by atoms with Crippen molar-refractivity contribution < 1.29 is 14.6 Å². The normalized spacial score (nSPS) is 13.2. The first-order chi connectivity index (χ1) is 11.5.